The number of thioether (sulfide) groups is 1. The molecule has 1 unspecified atom stereocenters. The van der Waals surface area contributed by atoms with Gasteiger partial charge in [-0.2, -0.15) is 5.10 Å². The molecule has 0 saturated carbocycles. The van der Waals surface area contributed by atoms with Crippen LogP contribution in [0.1, 0.15) is 17.8 Å². The van der Waals surface area contributed by atoms with Crippen molar-refractivity contribution in [1.29, 1.82) is 0 Å². The summed E-state index contributed by atoms with van der Waals surface area (Å²) in [5.74, 6) is 0.756. The maximum Gasteiger partial charge on any atom is 0.267 e. The molecule has 3 heterocycles. The van der Waals surface area contributed by atoms with Crippen LogP contribution in [0.5, 0.6) is 0 Å². The van der Waals surface area contributed by atoms with Crippen molar-refractivity contribution < 1.29 is 9.59 Å². The standard InChI is InChI=1S/C15H17N5O3S/c1-9-7-10(2)20(17-9)12-3-4-14(22)19(18-12)8-13(21)16-11-5-6-24-15(11)23/h3-4,7,11H,5-6,8H2,1-2H3,(H,16,21). The van der Waals surface area contributed by atoms with Crippen LogP contribution < -0.4 is 10.9 Å². The minimum absolute atomic E-state index is 0.0416. The van der Waals surface area contributed by atoms with E-state index in [9.17, 15) is 14.4 Å². The summed E-state index contributed by atoms with van der Waals surface area (Å²) in [6, 6.07) is 4.33. The molecule has 1 fully saturated rings. The molecule has 1 N–H and O–H groups in total. The van der Waals surface area contributed by atoms with Crippen LogP contribution >= 0.6 is 11.8 Å². The number of carbonyl (C=O) groups excluding carboxylic acids is 2. The van der Waals surface area contributed by atoms with Crippen LogP contribution in [0.15, 0.2) is 23.0 Å². The quantitative estimate of drug-likeness (QED) is 0.848. The molecule has 1 saturated heterocycles. The first kappa shape index (κ1) is 16.4. The summed E-state index contributed by atoms with van der Waals surface area (Å²) in [7, 11) is 0. The zero-order valence-corrected chi connectivity index (χ0v) is 14.2. The maximum absolute atomic E-state index is 12.1. The number of amides is 1. The van der Waals surface area contributed by atoms with Crippen molar-refractivity contribution in [1.82, 2.24) is 24.9 Å². The Morgan fingerprint density at radius 1 is 1.33 bits per heavy atom. The Labute approximate surface area is 142 Å². The summed E-state index contributed by atoms with van der Waals surface area (Å²) >= 11 is 1.21. The second-order valence-corrected chi connectivity index (χ2v) is 6.70. The number of nitrogens with one attached hydrogen (secondary N) is 1. The highest BCUT2D eigenvalue weighted by Gasteiger charge is 2.26. The molecule has 0 radical (unpaired) electrons. The van der Waals surface area contributed by atoms with Gasteiger partial charge >= 0.3 is 0 Å². The summed E-state index contributed by atoms with van der Waals surface area (Å²) in [5.41, 5.74) is 1.33. The number of aromatic nitrogens is 4. The van der Waals surface area contributed by atoms with Gasteiger partial charge in [0.15, 0.2) is 5.82 Å². The lowest BCUT2D eigenvalue weighted by Gasteiger charge is -2.11. The largest absolute Gasteiger partial charge is 0.344 e. The van der Waals surface area contributed by atoms with E-state index in [1.54, 1.807) is 10.7 Å². The lowest BCUT2D eigenvalue weighted by molar-refractivity contribution is -0.125. The molecule has 8 nitrogen and oxygen atoms in total. The number of aryl methyl sites for hydroxylation is 2. The van der Waals surface area contributed by atoms with Crippen LogP contribution in [0.25, 0.3) is 5.82 Å². The molecule has 0 aromatic carbocycles. The van der Waals surface area contributed by atoms with Crippen molar-refractivity contribution in [3.05, 3.63) is 39.9 Å². The minimum Gasteiger partial charge on any atom is -0.344 e. The van der Waals surface area contributed by atoms with Crippen LogP contribution in [0.2, 0.25) is 0 Å². The predicted molar refractivity (Wildman–Crippen MR) is 89.1 cm³/mol. The third-order valence-electron chi connectivity index (χ3n) is 3.64. The number of carbonyl (C=O) groups is 2. The van der Waals surface area contributed by atoms with E-state index in [-0.39, 0.29) is 17.2 Å². The van der Waals surface area contributed by atoms with E-state index in [0.717, 1.165) is 16.1 Å². The average Bonchev–Trinajstić information content (AvgIpc) is 3.07. The SMILES string of the molecule is Cc1cc(C)n(-c2ccc(=O)n(CC(=O)NC3CCSC3=O)n2)n1. The third kappa shape index (κ3) is 3.40. The predicted octanol–water partition coefficient (Wildman–Crippen LogP) is 0.194. The van der Waals surface area contributed by atoms with E-state index in [1.807, 2.05) is 19.9 Å². The molecular weight excluding hydrogens is 330 g/mol. The maximum atomic E-state index is 12.1. The Morgan fingerprint density at radius 3 is 2.75 bits per heavy atom. The van der Waals surface area contributed by atoms with E-state index >= 15 is 0 Å². The molecule has 1 aliphatic heterocycles. The first-order valence-electron chi connectivity index (χ1n) is 7.52. The fourth-order valence-electron chi connectivity index (χ4n) is 2.53. The van der Waals surface area contributed by atoms with Gasteiger partial charge in [0.1, 0.15) is 6.54 Å². The van der Waals surface area contributed by atoms with Gasteiger partial charge in [-0.15, -0.1) is 5.10 Å². The molecule has 3 rings (SSSR count). The Morgan fingerprint density at radius 2 is 2.12 bits per heavy atom. The lowest BCUT2D eigenvalue weighted by Crippen LogP contribution is -2.41. The highest BCUT2D eigenvalue weighted by atomic mass is 32.2. The lowest BCUT2D eigenvalue weighted by atomic mass is 10.2. The summed E-state index contributed by atoms with van der Waals surface area (Å²) in [6.07, 6.45) is 0.614. The second-order valence-electron chi connectivity index (χ2n) is 5.60. The second kappa shape index (κ2) is 6.60. The third-order valence-corrected chi connectivity index (χ3v) is 4.65. The minimum atomic E-state index is -0.475. The average molecular weight is 347 g/mol. The summed E-state index contributed by atoms with van der Waals surface area (Å²) in [6.45, 7) is 3.51. The molecular formula is C15H17N5O3S. The van der Waals surface area contributed by atoms with Gasteiger partial charge in [0.2, 0.25) is 11.0 Å². The zero-order chi connectivity index (χ0) is 17.3. The fourth-order valence-corrected chi connectivity index (χ4v) is 3.46. The Kier molecular flexibility index (Phi) is 4.52. The van der Waals surface area contributed by atoms with Gasteiger partial charge in [0.25, 0.3) is 5.56 Å². The molecule has 9 heteroatoms. The van der Waals surface area contributed by atoms with Gasteiger partial charge in [0.05, 0.1) is 11.7 Å². The van der Waals surface area contributed by atoms with E-state index in [1.165, 1.54) is 17.8 Å². The molecule has 1 amide bonds. The molecule has 0 spiro atoms. The van der Waals surface area contributed by atoms with Crippen LogP contribution in [0.4, 0.5) is 0 Å². The smallest absolute Gasteiger partial charge is 0.267 e. The van der Waals surface area contributed by atoms with Crippen molar-refractivity contribution in [2.45, 2.75) is 32.9 Å². The summed E-state index contributed by atoms with van der Waals surface area (Å²) in [4.78, 5) is 35.6. The summed E-state index contributed by atoms with van der Waals surface area (Å²) < 4.78 is 2.69. The van der Waals surface area contributed by atoms with Gasteiger partial charge in [-0.1, -0.05) is 11.8 Å². The molecule has 2 aromatic heterocycles. The topological polar surface area (TPSA) is 98.9 Å². The van der Waals surface area contributed by atoms with Crippen LogP contribution in [-0.4, -0.2) is 42.4 Å². The molecule has 0 bridgehead atoms. The van der Waals surface area contributed by atoms with E-state index in [4.69, 9.17) is 0 Å². The summed E-state index contributed by atoms with van der Waals surface area (Å²) in [5, 5.41) is 11.1. The van der Waals surface area contributed by atoms with Crippen LogP contribution in [0.3, 0.4) is 0 Å². The Bertz CT molecular complexity index is 857. The van der Waals surface area contributed by atoms with Crippen molar-refractivity contribution >= 4 is 22.8 Å². The van der Waals surface area contributed by atoms with Crippen molar-refractivity contribution in [2.75, 3.05) is 5.75 Å². The van der Waals surface area contributed by atoms with Crippen LogP contribution in [-0.2, 0) is 16.1 Å². The van der Waals surface area contributed by atoms with Gasteiger partial charge in [-0.25, -0.2) is 9.36 Å². The van der Waals surface area contributed by atoms with Gasteiger partial charge in [-0.05, 0) is 32.4 Å². The number of hydrogen-bond donors (Lipinski definition) is 1. The van der Waals surface area contributed by atoms with E-state index in [0.29, 0.717) is 18.0 Å². The molecule has 2 aromatic rings. The van der Waals surface area contributed by atoms with E-state index in [2.05, 4.69) is 15.5 Å². The van der Waals surface area contributed by atoms with Gasteiger partial charge < -0.3 is 5.32 Å². The van der Waals surface area contributed by atoms with Crippen LogP contribution in [0, 0.1) is 13.8 Å². The number of rotatable bonds is 4. The zero-order valence-electron chi connectivity index (χ0n) is 13.4. The van der Waals surface area contributed by atoms with Crippen molar-refractivity contribution in [2.24, 2.45) is 0 Å². The molecule has 24 heavy (non-hydrogen) atoms. The van der Waals surface area contributed by atoms with Gasteiger partial charge in [-0.3, -0.25) is 14.4 Å². The molecule has 126 valence electrons. The van der Waals surface area contributed by atoms with Crippen molar-refractivity contribution in [3.8, 4) is 5.82 Å². The van der Waals surface area contributed by atoms with Crippen molar-refractivity contribution in [3.63, 3.8) is 0 Å². The van der Waals surface area contributed by atoms with Gasteiger partial charge in [0, 0.05) is 17.5 Å². The highest BCUT2D eigenvalue weighted by molar-refractivity contribution is 8.14. The molecule has 1 atom stereocenters. The molecule has 1 aliphatic rings. The number of hydrogen-bond acceptors (Lipinski definition) is 6. The number of nitrogens with zero attached hydrogens (tertiary/aromatic N) is 4. The fraction of sp³-hybridized carbons (Fsp3) is 0.400. The first-order chi connectivity index (χ1) is 11.4. The molecule has 0 aliphatic carbocycles. The first-order valence-corrected chi connectivity index (χ1v) is 8.50. The Hall–Kier alpha value is -2.42. The van der Waals surface area contributed by atoms with E-state index < -0.39 is 11.9 Å². The normalized spacial score (nSPS) is 17.2. The Balaban J connectivity index is 1.79. The highest BCUT2D eigenvalue weighted by Crippen LogP contribution is 2.19. The monoisotopic (exact) mass is 347 g/mol.